The van der Waals surface area contributed by atoms with Crippen molar-refractivity contribution in [1.82, 2.24) is 5.16 Å². The number of phenols is 1. The number of aromatic carboxylic acids is 1. The number of hydrogen-bond acceptors (Lipinski definition) is 5. The highest BCUT2D eigenvalue weighted by Gasteiger charge is 2.13. The quantitative estimate of drug-likeness (QED) is 0.739. The van der Waals surface area contributed by atoms with E-state index in [0.29, 0.717) is 16.8 Å². The molecule has 0 bridgehead atoms. The van der Waals surface area contributed by atoms with Crippen LogP contribution in [0, 0.1) is 0 Å². The summed E-state index contributed by atoms with van der Waals surface area (Å²) in [4.78, 5) is 10.6. The normalized spacial score (nSPS) is 10.4. The Bertz CT molecular complexity index is 561. The van der Waals surface area contributed by atoms with E-state index in [0.717, 1.165) is 0 Å². The molecule has 0 aliphatic heterocycles. The van der Waals surface area contributed by atoms with Crippen LogP contribution in [0.15, 0.2) is 28.8 Å². The van der Waals surface area contributed by atoms with Gasteiger partial charge in [0.1, 0.15) is 11.4 Å². The van der Waals surface area contributed by atoms with Gasteiger partial charge in [0, 0.05) is 17.2 Å². The molecule has 0 aliphatic carbocycles. The Kier molecular flexibility index (Phi) is 2.80. The Morgan fingerprint density at radius 3 is 2.65 bits per heavy atom. The van der Waals surface area contributed by atoms with Gasteiger partial charge >= 0.3 is 5.97 Å². The van der Waals surface area contributed by atoms with E-state index in [9.17, 15) is 9.90 Å². The van der Waals surface area contributed by atoms with Crippen LogP contribution < -0.4 is 0 Å². The molecule has 2 rings (SSSR count). The zero-order valence-corrected chi connectivity index (χ0v) is 8.62. The Morgan fingerprint density at radius 2 is 2.12 bits per heavy atom. The highest BCUT2D eigenvalue weighted by molar-refractivity contribution is 5.85. The number of aromatic nitrogens is 1. The van der Waals surface area contributed by atoms with Gasteiger partial charge in [-0.15, -0.1) is 0 Å². The van der Waals surface area contributed by atoms with Gasteiger partial charge in [0.25, 0.3) is 0 Å². The maximum Gasteiger partial charge on any atom is 0.374 e. The number of benzene rings is 1. The van der Waals surface area contributed by atoms with Gasteiger partial charge in [-0.2, -0.15) is 0 Å². The van der Waals surface area contributed by atoms with E-state index in [1.807, 2.05) is 0 Å². The summed E-state index contributed by atoms with van der Waals surface area (Å²) in [6.45, 7) is -0.273. The van der Waals surface area contributed by atoms with E-state index >= 15 is 0 Å². The van der Waals surface area contributed by atoms with Crippen LogP contribution in [0.2, 0.25) is 0 Å². The topological polar surface area (TPSA) is 104 Å². The fourth-order valence-electron chi connectivity index (χ4n) is 1.37. The summed E-state index contributed by atoms with van der Waals surface area (Å²) < 4.78 is 4.60. The summed E-state index contributed by atoms with van der Waals surface area (Å²) in [5, 5.41) is 30.7. The van der Waals surface area contributed by atoms with Gasteiger partial charge in [-0.25, -0.2) is 4.79 Å². The first-order chi connectivity index (χ1) is 8.11. The summed E-state index contributed by atoms with van der Waals surface area (Å²) in [6.07, 6.45) is 0. The molecule has 1 aromatic carbocycles. The highest BCUT2D eigenvalue weighted by atomic mass is 16.5. The number of hydrogen-bond donors (Lipinski definition) is 3. The molecule has 0 amide bonds. The lowest BCUT2D eigenvalue weighted by Gasteiger charge is -2.02. The van der Waals surface area contributed by atoms with Crippen LogP contribution in [0.1, 0.15) is 16.1 Å². The summed E-state index contributed by atoms with van der Waals surface area (Å²) in [6, 6.07) is 5.78. The van der Waals surface area contributed by atoms with E-state index in [2.05, 4.69) is 9.68 Å². The second-order valence-electron chi connectivity index (χ2n) is 3.38. The standard InChI is InChI=1S/C11H9NO5/c13-5-7-2-1-6(3-9(7)14)8-4-10(11(15)16)17-12-8/h1-4,13-14H,5H2,(H,15,16). The smallest absolute Gasteiger partial charge is 0.374 e. The molecule has 0 fully saturated rings. The van der Waals surface area contributed by atoms with Crippen molar-refractivity contribution in [2.45, 2.75) is 6.61 Å². The maximum atomic E-state index is 10.6. The average molecular weight is 235 g/mol. The van der Waals surface area contributed by atoms with Crippen LogP contribution in [0.4, 0.5) is 0 Å². The third-order valence-corrected chi connectivity index (χ3v) is 2.27. The van der Waals surface area contributed by atoms with Crippen molar-refractivity contribution in [1.29, 1.82) is 0 Å². The van der Waals surface area contributed by atoms with Crippen molar-refractivity contribution in [2.75, 3.05) is 0 Å². The third kappa shape index (κ3) is 2.11. The first-order valence-corrected chi connectivity index (χ1v) is 4.75. The Balaban J connectivity index is 2.39. The first kappa shape index (κ1) is 11.2. The van der Waals surface area contributed by atoms with E-state index in [1.54, 1.807) is 6.07 Å². The van der Waals surface area contributed by atoms with Gasteiger partial charge in [-0.1, -0.05) is 17.3 Å². The minimum atomic E-state index is -1.21. The number of carboxylic acids is 1. The summed E-state index contributed by atoms with van der Waals surface area (Å²) in [5.74, 6) is -1.56. The molecular weight excluding hydrogens is 226 g/mol. The molecule has 88 valence electrons. The zero-order valence-electron chi connectivity index (χ0n) is 8.62. The molecule has 0 spiro atoms. The predicted molar refractivity (Wildman–Crippen MR) is 56.5 cm³/mol. The van der Waals surface area contributed by atoms with Gasteiger partial charge < -0.3 is 19.8 Å². The molecule has 1 aromatic heterocycles. The lowest BCUT2D eigenvalue weighted by atomic mass is 10.1. The summed E-state index contributed by atoms with van der Waals surface area (Å²) in [7, 11) is 0. The van der Waals surface area contributed by atoms with Crippen LogP contribution in [-0.2, 0) is 6.61 Å². The van der Waals surface area contributed by atoms with Crippen LogP contribution in [0.3, 0.4) is 0 Å². The molecule has 17 heavy (non-hydrogen) atoms. The van der Waals surface area contributed by atoms with Crippen molar-refractivity contribution in [3.8, 4) is 17.0 Å². The number of aromatic hydroxyl groups is 1. The number of aliphatic hydroxyl groups is 1. The molecule has 0 saturated carbocycles. The van der Waals surface area contributed by atoms with Crippen molar-refractivity contribution in [2.24, 2.45) is 0 Å². The van der Waals surface area contributed by atoms with Crippen LogP contribution >= 0.6 is 0 Å². The van der Waals surface area contributed by atoms with Crippen molar-refractivity contribution >= 4 is 5.97 Å². The highest BCUT2D eigenvalue weighted by Crippen LogP contribution is 2.26. The minimum absolute atomic E-state index is 0.0788. The fourth-order valence-corrected chi connectivity index (χ4v) is 1.37. The van der Waals surface area contributed by atoms with E-state index in [4.69, 9.17) is 10.2 Å². The molecule has 6 heteroatoms. The minimum Gasteiger partial charge on any atom is -0.508 e. The molecular formula is C11H9NO5. The van der Waals surface area contributed by atoms with Crippen LogP contribution in [0.5, 0.6) is 5.75 Å². The summed E-state index contributed by atoms with van der Waals surface area (Å²) >= 11 is 0. The average Bonchev–Trinajstić information content (AvgIpc) is 2.78. The number of carboxylic acid groups (broad SMARTS) is 1. The fraction of sp³-hybridized carbons (Fsp3) is 0.0909. The number of nitrogens with zero attached hydrogens (tertiary/aromatic N) is 1. The Labute approximate surface area is 95.7 Å². The van der Waals surface area contributed by atoms with Crippen molar-refractivity contribution < 1.29 is 24.6 Å². The molecule has 0 aliphatic rings. The Hall–Kier alpha value is -2.34. The molecule has 0 radical (unpaired) electrons. The molecule has 2 aromatic rings. The van der Waals surface area contributed by atoms with Gasteiger partial charge in [0.05, 0.1) is 6.61 Å². The van der Waals surface area contributed by atoms with Crippen molar-refractivity contribution in [3.05, 3.63) is 35.6 Å². The van der Waals surface area contributed by atoms with E-state index in [-0.39, 0.29) is 18.1 Å². The molecule has 0 unspecified atom stereocenters. The number of carbonyl (C=O) groups is 1. The largest absolute Gasteiger partial charge is 0.508 e. The van der Waals surface area contributed by atoms with Crippen molar-refractivity contribution in [3.63, 3.8) is 0 Å². The molecule has 1 heterocycles. The number of rotatable bonds is 3. The van der Waals surface area contributed by atoms with E-state index < -0.39 is 5.97 Å². The molecule has 0 saturated heterocycles. The van der Waals surface area contributed by atoms with Crippen LogP contribution in [0.25, 0.3) is 11.3 Å². The summed E-state index contributed by atoms with van der Waals surface area (Å²) in [5.41, 5.74) is 1.20. The van der Waals surface area contributed by atoms with Gasteiger partial charge in [0.15, 0.2) is 0 Å². The van der Waals surface area contributed by atoms with Gasteiger partial charge in [-0.05, 0) is 6.07 Å². The third-order valence-electron chi connectivity index (χ3n) is 2.27. The molecule has 3 N–H and O–H groups in total. The second-order valence-corrected chi connectivity index (χ2v) is 3.38. The lowest BCUT2D eigenvalue weighted by molar-refractivity contribution is 0.0652. The SMILES string of the molecule is O=C(O)c1cc(-c2ccc(CO)c(O)c2)no1. The monoisotopic (exact) mass is 235 g/mol. The van der Waals surface area contributed by atoms with Crippen LogP contribution in [-0.4, -0.2) is 26.4 Å². The zero-order chi connectivity index (χ0) is 12.4. The van der Waals surface area contributed by atoms with Gasteiger partial charge in [0.2, 0.25) is 5.76 Å². The van der Waals surface area contributed by atoms with Gasteiger partial charge in [-0.3, -0.25) is 0 Å². The first-order valence-electron chi connectivity index (χ1n) is 4.75. The predicted octanol–water partition coefficient (Wildman–Crippen LogP) is 1.24. The molecule has 6 nitrogen and oxygen atoms in total. The maximum absolute atomic E-state index is 10.6. The second kappa shape index (κ2) is 4.26. The van der Waals surface area contributed by atoms with E-state index in [1.165, 1.54) is 18.2 Å². The molecule has 0 atom stereocenters. The lowest BCUT2D eigenvalue weighted by Crippen LogP contribution is -1.91. The Morgan fingerprint density at radius 1 is 1.35 bits per heavy atom. The number of aliphatic hydroxyl groups excluding tert-OH is 1.